The molecule has 0 radical (unpaired) electrons. The van der Waals surface area contributed by atoms with Gasteiger partial charge in [0.05, 0.1) is 49.5 Å². The molecular formula is C26H14N5Na3O11S3. The number of rotatable bonds is 10. The molecule has 0 saturated heterocycles. The Kier molecular flexibility index (Phi) is 15.9. The molecule has 0 spiro atoms. The number of nitro groups is 1. The smallest absolute Gasteiger partial charge is 0.744 e. The SMILES string of the molecule is O=[N+]([O-])c1ccc(N=Nc2ccc(N=Nc3ccc4cc(SOO[O-])cc(S(=O)(=O)[O-])c4c3)c3ccc(S(=O)(=O)[O-])cc23)cc1.[Na+].[Na+].[Na+]. The second-order valence-corrected chi connectivity index (χ2v) is 12.4. The van der Waals surface area contributed by atoms with Crippen LogP contribution in [0.3, 0.4) is 0 Å². The van der Waals surface area contributed by atoms with E-state index in [2.05, 4.69) is 29.8 Å². The molecule has 0 bridgehead atoms. The fraction of sp³-hybridized carbons (Fsp3) is 0. The van der Waals surface area contributed by atoms with Gasteiger partial charge in [0, 0.05) is 33.2 Å². The molecule has 22 heteroatoms. The number of nitrogens with zero attached hydrogens (tertiary/aromatic N) is 5. The first-order valence-corrected chi connectivity index (χ1v) is 15.7. The molecule has 0 aliphatic carbocycles. The predicted molar refractivity (Wildman–Crippen MR) is 153 cm³/mol. The van der Waals surface area contributed by atoms with Crippen LogP contribution in [-0.4, -0.2) is 30.9 Å². The van der Waals surface area contributed by atoms with Gasteiger partial charge in [0.1, 0.15) is 20.2 Å². The van der Waals surface area contributed by atoms with Gasteiger partial charge in [-0.3, -0.25) is 15.2 Å². The molecule has 5 aromatic carbocycles. The summed E-state index contributed by atoms with van der Waals surface area (Å²) in [6, 6.07) is 18.3. The van der Waals surface area contributed by atoms with E-state index in [0.29, 0.717) is 22.8 Å². The van der Waals surface area contributed by atoms with E-state index in [0.717, 1.165) is 18.2 Å². The fourth-order valence-electron chi connectivity index (χ4n) is 4.15. The third kappa shape index (κ3) is 10.4. The van der Waals surface area contributed by atoms with E-state index in [1.54, 1.807) is 0 Å². The van der Waals surface area contributed by atoms with Gasteiger partial charge in [-0.25, -0.2) is 16.8 Å². The second-order valence-electron chi connectivity index (χ2n) is 8.94. The van der Waals surface area contributed by atoms with Crippen LogP contribution in [0.5, 0.6) is 0 Å². The monoisotopic (exact) mass is 737 g/mol. The van der Waals surface area contributed by atoms with Gasteiger partial charge in [-0.2, -0.15) is 14.6 Å². The molecule has 5 rings (SSSR count). The largest absolute Gasteiger partial charge is 1.00 e. The Balaban J connectivity index is 0.00000267. The number of non-ortho nitro benzene ring substituents is 1. The van der Waals surface area contributed by atoms with Crippen LogP contribution < -0.4 is 93.9 Å². The molecule has 0 N–H and O–H groups in total. The number of hydrogen-bond acceptors (Lipinski definition) is 16. The first-order valence-electron chi connectivity index (χ1n) is 12.1. The molecule has 0 aliphatic heterocycles. The van der Waals surface area contributed by atoms with Gasteiger partial charge < -0.3 is 14.4 Å². The molecule has 0 amide bonds. The molecule has 48 heavy (non-hydrogen) atoms. The summed E-state index contributed by atoms with van der Waals surface area (Å²) in [4.78, 5) is 9.28. The summed E-state index contributed by atoms with van der Waals surface area (Å²) in [7, 11) is -9.83. The molecule has 0 aromatic heterocycles. The Morgan fingerprint density at radius 1 is 0.646 bits per heavy atom. The van der Waals surface area contributed by atoms with Crippen LogP contribution in [0.1, 0.15) is 0 Å². The van der Waals surface area contributed by atoms with Gasteiger partial charge in [-0.15, -0.1) is 10.2 Å². The van der Waals surface area contributed by atoms with Crippen molar-refractivity contribution in [3.05, 3.63) is 95.0 Å². The third-order valence-corrected chi connectivity index (χ3v) is 8.40. The molecular weight excluding hydrogens is 723 g/mol. The summed E-state index contributed by atoms with van der Waals surface area (Å²) >= 11 is 0.409. The minimum atomic E-state index is -4.98. The normalized spacial score (nSPS) is 11.7. The van der Waals surface area contributed by atoms with E-state index in [4.69, 9.17) is 0 Å². The Morgan fingerprint density at radius 3 is 1.83 bits per heavy atom. The summed E-state index contributed by atoms with van der Waals surface area (Å²) in [6.07, 6.45) is 0. The topological polar surface area (TPSA) is 248 Å². The molecule has 0 saturated carbocycles. The van der Waals surface area contributed by atoms with Crippen LogP contribution in [0.15, 0.2) is 120 Å². The third-order valence-electron chi connectivity index (χ3n) is 6.14. The number of hydrogen-bond donors (Lipinski definition) is 0. The predicted octanol–water partition coefficient (Wildman–Crippen LogP) is -3.22. The average Bonchev–Trinajstić information content (AvgIpc) is 3.00. The Morgan fingerprint density at radius 2 is 1.25 bits per heavy atom. The maximum absolute atomic E-state index is 12.0. The number of fused-ring (bicyclic) bond motifs is 2. The molecule has 0 fully saturated rings. The van der Waals surface area contributed by atoms with Gasteiger partial charge >= 0.3 is 88.7 Å². The quantitative estimate of drug-likeness (QED) is 0.0261. The maximum Gasteiger partial charge on any atom is 1.00 e. The summed E-state index contributed by atoms with van der Waals surface area (Å²) in [5.74, 6) is 0. The van der Waals surface area contributed by atoms with Gasteiger partial charge in [0.15, 0.2) is 0 Å². The van der Waals surface area contributed by atoms with Crippen LogP contribution >= 0.6 is 12.0 Å². The van der Waals surface area contributed by atoms with Crippen LogP contribution in [0.25, 0.3) is 21.5 Å². The molecule has 0 atom stereocenters. The van der Waals surface area contributed by atoms with Gasteiger partial charge in [-0.1, -0.05) is 12.1 Å². The zero-order chi connectivity index (χ0) is 32.4. The number of nitro benzene ring substituents is 1. The van der Waals surface area contributed by atoms with Crippen LogP contribution in [0, 0.1) is 10.1 Å². The molecule has 0 heterocycles. The van der Waals surface area contributed by atoms with E-state index in [-0.39, 0.29) is 133 Å². The molecule has 0 unspecified atom stereocenters. The van der Waals surface area contributed by atoms with Crippen molar-refractivity contribution in [2.75, 3.05) is 0 Å². The van der Waals surface area contributed by atoms with E-state index < -0.39 is 35.0 Å². The Hall–Kier alpha value is -1.73. The van der Waals surface area contributed by atoms with Gasteiger partial charge in [0.2, 0.25) is 0 Å². The molecule has 16 nitrogen and oxygen atoms in total. The minimum Gasteiger partial charge on any atom is -0.744 e. The number of benzene rings is 5. The zero-order valence-corrected chi connectivity index (χ0v) is 33.5. The summed E-state index contributed by atoms with van der Waals surface area (Å²) in [5.41, 5.74) is 0.593. The standard InChI is InChI=1S/C26H17N5O11S3.3Na/c32-31(33)18-5-3-16(4-6-18)27-30-25-10-9-24(21-8-7-20(14-23(21)25)44(35,36)37)29-28-17-2-1-15-11-19(43-42-41-34)13-26(22(15)12-17)45(38,39)40;;;/h1-14,34H,(H,35,36,37)(H,38,39,40);;;/q;3*+1/p-3. The summed E-state index contributed by atoms with van der Waals surface area (Å²) < 4.78 is 75.3. The molecule has 230 valence electrons. The van der Waals surface area contributed by atoms with Crippen molar-refractivity contribution < 1.29 is 134 Å². The van der Waals surface area contributed by atoms with E-state index in [1.165, 1.54) is 66.7 Å². The van der Waals surface area contributed by atoms with Crippen LogP contribution in [0.4, 0.5) is 28.4 Å². The van der Waals surface area contributed by atoms with E-state index in [1.807, 2.05) is 0 Å². The van der Waals surface area contributed by atoms with E-state index in [9.17, 15) is 41.3 Å². The minimum absolute atomic E-state index is 0. The average molecular weight is 738 g/mol. The van der Waals surface area contributed by atoms with Crippen molar-refractivity contribution in [3.8, 4) is 0 Å². The Labute approximate surface area is 342 Å². The van der Waals surface area contributed by atoms with Gasteiger partial charge in [-0.05, 0) is 66.0 Å². The second kappa shape index (κ2) is 18.0. The molecule has 0 aliphatic rings. The van der Waals surface area contributed by atoms with Gasteiger partial charge in [0.25, 0.3) is 5.69 Å². The van der Waals surface area contributed by atoms with Crippen LogP contribution in [-0.2, 0) is 29.6 Å². The summed E-state index contributed by atoms with van der Waals surface area (Å²) in [6.45, 7) is 0. The van der Waals surface area contributed by atoms with Crippen molar-refractivity contribution in [1.29, 1.82) is 0 Å². The maximum atomic E-state index is 12.0. The number of azo groups is 2. The van der Waals surface area contributed by atoms with Crippen molar-refractivity contribution >= 4 is 82.3 Å². The van der Waals surface area contributed by atoms with Crippen molar-refractivity contribution in [2.45, 2.75) is 14.7 Å². The van der Waals surface area contributed by atoms with Crippen molar-refractivity contribution in [1.82, 2.24) is 0 Å². The summed E-state index contributed by atoms with van der Waals surface area (Å²) in [5, 5.41) is 41.6. The molecule has 5 aromatic rings. The van der Waals surface area contributed by atoms with Crippen LogP contribution in [0.2, 0.25) is 0 Å². The van der Waals surface area contributed by atoms with Crippen molar-refractivity contribution in [2.24, 2.45) is 20.5 Å². The first-order chi connectivity index (χ1) is 21.3. The zero-order valence-electron chi connectivity index (χ0n) is 25.0. The fourth-order valence-corrected chi connectivity index (χ4v) is 5.88. The first kappa shape index (κ1) is 42.4. The van der Waals surface area contributed by atoms with Crippen molar-refractivity contribution in [3.63, 3.8) is 0 Å². The Bertz CT molecular complexity index is 2260. The van der Waals surface area contributed by atoms with E-state index >= 15 is 0 Å².